The van der Waals surface area contributed by atoms with Crippen molar-refractivity contribution in [2.45, 2.75) is 6.85 Å². The lowest BCUT2D eigenvalue weighted by atomic mass is 10.0. The quantitative estimate of drug-likeness (QED) is 0.266. The van der Waals surface area contributed by atoms with Crippen molar-refractivity contribution in [2.75, 3.05) is 0 Å². The Morgan fingerprint density at radius 3 is 2.48 bits per heavy atom. The molecule has 0 aliphatic heterocycles. The number of para-hydroxylation sites is 2. The molecule has 0 aliphatic rings. The number of rotatable bonds is 1. The molecule has 4 aromatic carbocycles. The van der Waals surface area contributed by atoms with Crippen LogP contribution in [0.15, 0.2) is 95.5 Å². The number of nitrogens with zero attached hydrogens (tertiary/aromatic N) is 2. The van der Waals surface area contributed by atoms with Crippen molar-refractivity contribution < 1.29 is 8.53 Å². The van der Waals surface area contributed by atoms with Gasteiger partial charge in [-0.15, -0.1) is 0 Å². The van der Waals surface area contributed by atoms with Gasteiger partial charge in [0.1, 0.15) is 11.2 Å². The predicted molar refractivity (Wildman–Crippen MR) is 136 cm³/mol. The van der Waals surface area contributed by atoms with Crippen LogP contribution in [0.4, 0.5) is 0 Å². The van der Waals surface area contributed by atoms with Crippen LogP contribution in [0, 0.1) is 6.85 Å². The molecular formula is C30H18N2O. The Hall–Kier alpha value is -4.37. The Morgan fingerprint density at radius 2 is 1.61 bits per heavy atom. The molecule has 8 rings (SSSR count). The summed E-state index contributed by atoms with van der Waals surface area (Å²) in [7, 11) is 0. The fourth-order valence-electron chi connectivity index (χ4n) is 5.46. The average Bonchev–Trinajstić information content (AvgIpc) is 3.54. The molecule has 8 aromatic rings. The van der Waals surface area contributed by atoms with E-state index in [1.54, 1.807) is 12.1 Å². The highest BCUT2D eigenvalue weighted by Gasteiger charge is 2.22. The Kier molecular flexibility index (Phi) is 2.62. The van der Waals surface area contributed by atoms with Crippen LogP contribution in [0.1, 0.15) is 9.68 Å². The Bertz CT molecular complexity index is 2130. The van der Waals surface area contributed by atoms with Crippen LogP contribution in [0.25, 0.3) is 71.3 Å². The standard InChI is InChI=1S/C30H18N2O/c1-17-10-12-24(31-16-17)18-11-13-26-21(14-18)22-15-23-19-6-3-5-9-27(19)33-30(23)28-20-7-2-4-8-25(20)32(26)29(22)28/h2-16H,1H3/i1D3. The summed E-state index contributed by atoms with van der Waals surface area (Å²) in [6.45, 7) is -2.16. The SMILES string of the molecule is [2H]C([2H])([2H])c1ccc(-c2ccc3c(c2)c2cc4c5ccccc5oc4c4c5ccccc5n3c24)nc1. The van der Waals surface area contributed by atoms with Crippen molar-refractivity contribution in [3.63, 3.8) is 0 Å². The zero-order chi connectivity index (χ0) is 24.2. The lowest BCUT2D eigenvalue weighted by molar-refractivity contribution is 0.673. The zero-order valence-corrected chi connectivity index (χ0v) is 17.5. The van der Waals surface area contributed by atoms with Crippen LogP contribution in [0.3, 0.4) is 0 Å². The minimum Gasteiger partial charge on any atom is -0.455 e. The third kappa shape index (κ3) is 2.12. The molecule has 0 amide bonds. The second-order valence-corrected chi connectivity index (χ2v) is 8.64. The molecule has 0 unspecified atom stereocenters. The predicted octanol–water partition coefficient (Wildman–Crippen LogP) is 8.11. The summed E-state index contributed by atoms with van der Waals surface area (Å²) in [5.41, 5.74) is 7.17. The third-order valence-corrected chi connectivity index (χ3v) is 6.87. The van der Waals surface area contributed by atoms with Crippen molar-refractivity contribution in [2.24, 2.45) is 0 Å². The second-order valence-electron chi connectivity index (χ2n) is 8.64. The highest BCUT2D eigenvalue weighted by molar-refractivity contribution is 6.32. The fraction of sp³-hybridized carbons (Fsp3) is 0.0333. The number of hydrogen-bond donors (Lipinski definition) is 0. The van der Waals surface area contributed by atoms with E-state index < -0.39 is 6.85 Å². The highest BCUT2D eigenvalue weighted by Crippen LogP contribution is 2.45. The van der Waals surface area contributed by atoms with Crippen molar-refractivity contribution in [3.05, 3.63) is 96.7 Å². The topological polar surface area (TPSA) is 30.4 Å². The molecular weight excluding hydrogens is 404 g/mol. The van der Waals surface area contributed by atoms with Crippen LogP contribution in [0.2, 0.25) is 0 Å². The smallest absolute Gasteiger partial charge is 0.145 e. The number of fused-ring (bicyclic) bond motifs is 10. The Balaban J connectivity index is 1.50. The summed E-state index contributed by atoms with van der Waals surface area (Å²) in [6, 6.07) is 28.7. The van der Waals surface area contributed by atoms with Crippen molar-refractivity contribution in [3.8, 4) is 11.3 Å². The van der Waals surface area contributed by atoms with Crippen molar-refractivity contribution in [1.29, 1.82) is 0 Å². The van der Waals surface area contributed by atoms with E-state index in [0.29, 0.717) is 0 Å². The van der Waals surface area contributed by atoms with Gasteiger partial charge in [-0.3, -0.25) is 4.98 Å². The minimum atomic E-state index is -2.16. The fourth-order valence-corrected chi connectivity index (χ4v) is 5.46. The molecule has 3 nitrogen and oxygen atoms in total. The maximum Gasteiger partial charge on any atom is 0.145 e. The normalized spacial score (nSPS) is 14.1. The van der Waals surface area contributed by atoms with E-state index >= 15 is 0 Å². The van der Waals surface area contributed by atoms with E-state index in [4.69, 9.17) is 8.53 Å². The molecule has 0 saturated carbocycles. The summed E-state index contributed by atoms with van der Waals surface area (Å²) in [4.78, 5) is 4.48. The van der Waals surface area contributed by atoms with E-state index in [1.165, 1.54) is 11.6 Å². The van der Waals surface area contributed by atoms with Crippen molar-refractivity contribution >= 4 is 60.0 Å². The first-order valence-corrected chi connectivity index (χ1v) is 11.0. The molecule has 3 heteroatoms. The average molecular weight is 426 g/mol. The molecule has 4 heterocycles. The van der Waals surface area contributed by atoms with Crippen LogP contribution >= 0.6 is 0 Å². The zero-order valence-electron chi connectivity index (χ0n) is 20.5. The molecule has 0 atom stereocenters. The summed E-state index contributed by atoms with van der Waals surface area (Å²) >= 11 is 0. The van der Waals surface area contributed by atoms with Gasteiger partial charge in [0.15, 0.2) is 0 Å². The second kappa shape index (κ2) is 5.90. The molecule has 0 aliphatic carbocycles. The highest BCUT2D eigenvalue weighted by atomic mass is 16.3. The maximum atomic E-state index is 7.63. The lowest BCUT2D eigenvalue weighted by Crippen LogP contribution is -1.85. The van der Waals surface area contributed by atoms with E-state index in [0.717, 1.165) is 65.9 Å². The number of furan rings is 1. The van der Waals surface area contributed by atoms with Gasteiger partial charge < -0.3 is 8.82 Å². The maximum absolute atomic E-state index is 7.63. The van der Waals surface area contributed by atoms with Gasteiger partial charge in [0, 0.05) is 42.8 Å². The Labute approximate surface area is 193 Å². The monoisotopic (exact) mass is 425 g/mol. The summed E-state index contributed by atoms with van der Waals surface area (Å²) < 4.78 is 31.6. The first-order valence-electron chi connectivity index (χ1n) is 12.5. The number of pyridine rings is 1. The third-order valence-electron chi connectivity index (χ3n) is 6.87. The van der Waals surface area contributed by atoms with Gasteiger partial charge in [0.2, 0.25) is 0 Å². The Morgan fingerprint density at radius 1 is 0.758 bits per heavy atom. The van der Waals surface area contributed by atoms with Crippen LogP contribution in [0.5, 0.6) is 0 Å². The van der Waals surface area contributed by atoms with Gasteiger partial charge in [-0.2, -0.15) is 0 Å². The van der Waals surface area contributed by atoms with Gasteiger partial charge >= 0.3 is 0 Å². The van der Waals surface area contributed by atoms with E-state index in [-0.39, 0.29) is 5.56 Å². The first kappa shape index (κ1) is 14.6. The number of benzene rings is 4. The summed E-state index contributed by atoms with van der Waals surface area (Å²) in [6.07, 6.45) is 1.45. The largest absolute Gasteiger partial charge is 0.455 e. The van der Waals surface area contributed by atoms with Crippen LogP contribution < -0.4 is 0 Å². The van der Waals surface area contributed by atoms with Gasteiger partial charge in [0.25, 0.3) is 0 Å². The molecule has 0 spiro atoms. The number of hydrogen-bond acceptors (Lipinski definition) is 2. The van der Waals surface area contributed by atoms with Gasteiger partial charge in [-0.05, 0) is 48.8 Å². The first-order chi connectivity index (χ1) is 17.5. The minimum absolute atomic E-state index is 0.244. The number of aromatic nitrogens is 2. The molecule has 0 saturated heterocycles. The summed E-state index contributed by atoms with van der Waals surface area (Å²) in [5.74, 6) is 0. The molecule has 4 aromatic heterocycles. The van der Waals surface area contributed by atoms with Crippen LogP contribution in [-0.2, 0) is 0 Å². The molecule has 0 bridgehead atoms. The lowest BCUT2D eigenvalue weighted by Gasteiger charge is -2.03. The molecule has 0 N–H and O–H groups in total. The van der Waals surface area contributed by atoms with Gasteiger partial charge in [0.05, 0.1) is 27.6 Å². The van der Waals surface area contributed by atoms with E-state index in [9.17, 15) is 0 Å². The molecule has 154 valence electrons. The summed E-state index contributed by atoms with van der Waals surface area (Å²) in [5, 5.41) is 6.81. The molecule has 0 fully saturated rings. The van der Waals surface area contributed by atoms with E-state index in [1.807, 2.05) is 18.2 Å². The van der Waals surface area contributed by atoms with Gasteiger partial charge in [-0.25, -0.2) is 0 Å². The van der Waals surface area contributed by atoms with Crippen molar-refractivity contribution in [1.82, 2.24) is 9.38 Å². The van der Waals surface area contributed by atoms with E-state index in [2.05, 4.69) is 64.0 Å². The molecule has 0 radical (unpaired) electrons. The van der Waals surface area contributed by atoms with Crippen LogP contribution in [-0.4, -0.2) is 9.38 Å². The van der Waals surface area contributed by atoms with Gasteiger partial charge in [-0.1, -0.05) is 48.5 Å². The number of aryl methyl sites for hydroxylation is 1. The molecule has 33 heavy (non-hydrogen) atoms.